The minimum Gasteiger partial charge on any atom is -0.444 e. The highest BCUT2D eigenvalue weighted by molar-refractivity contribution is 5.68. The molecule has 1 N–H and O–H groups in total. The van der Waals surface area contributed by atoms with E-state index in [9.17, 15) is 4.79 Å². The van der Waals surface area contributed by atoms with E-state index in [4.69, 9.17) is 9.84 Å². The summed E-state index contributed by atoms with van der Waals surface area (Å²) in [6, 6.07) is 0. The highest BCUT2D eigenvalue weighted by atomic mass is 16.6. The zero-order chi connectivity index (χ0) is 14.0. The molecule has 1 aliphatic carbocycles. The Labute approximate surface area is 116 Å². The van der Waals surface area contributed by atoms with E-state index in [1.807, 2.05) is 25.7 Å². The van der Waals surface area contributed by atoms with Gasteiger partial charge in [-0.2, -0.15) is 0 Å². The fraction of sp³-hybridized carbons (Fsp3) is 0.933. The van der Waals surface area contributed by atoms with Crippen molar-refractivity contribution >= 4 is 6.09 Å². The number of nitrogens with zero attached hydrogens (tertiary/aromatic N) is 1. The van der Waals surface area contributed by atoms with Gasteiger partial charge < -0.3 is 14.7 Å². The van der Waals surface area contributed by atoms with Crippen LogP contribution in [0.3, 0.4) is 0 Å². The fourth-order valence-electron chi connectivity index (χ4n) is 3.18. The number of carbonyl (C=O) groups is 1. The first-order chi connectivity index (χ1) is 8.90. The highest BCUT2D eigenvalue weighted by Crippen LogP contribution is 2.49. The average molecular weight is 269 g/mol. The summed E-state index contributed by atoms with van der Waals surface area (Å²) in [7, 11) is 0. The first kappa shape index (κ1) is 14.6. The molecule has 0 aromatic rings. The average Bonchev–Trinajstić information content (AvgIpc) is 3.07. The summed E-state index contributed by atoms with van der Waals surface area (Å²) in [6.07, 6.45) is 4.24. The van der Waals surface area contributed by atoms with E-state index in [0.29, 0.717) is 6.61 Å². The minimum absolute atomic E-state index is 0.173. The van der Waals surface area contributed by atoms with Crippen LogP contribution in [0.2, 0.25) is 0 Å². The summed E-state index contributed by atoms with van der Waals surface area (Å²) in [4.78, 5) is 13.8. The Morgan fingerprint density at radius 3 is 2.47 bits per heavy atom. The van der Waals surface area contributed by atoms with E-state index < -0.39 is 5.60 Å². The normalized spacial score (nSPS) is 28.3. The molecular formula is C15H27NO3. The molecule has 0 spiro atoms. The van der Waals surface area contributed by atoms with Crippen LogP contribution < -0.4 is 0 Å². The van der Waals surface area contributed by atoms with Crippen molar-refractivity contribution in [2.75, 3.05) is 19.7 Å². The standard InChI is InChI=1S/C15H27NO3/c1-15(2,3)19-14(18)16-7-4-11(5-8-16)13-10-12(13)6-9-17/h11-13,17H,4-10H2,1-3H3/t12-,13+/m1/s1. The van der Waals surface area contributed by atoms with Gasteiger partial charge in [0.1, 0.15) is 5.60 Å². The van der Waals surface area contributed by atoms with Crippen LogP contribution in [-0.4, -0.2) is 41.4 Å². The third-order valence-corrected chi connectivity index (χ3v) is 4.27. The van der Waals surface area contributed by atoms with Crippen LogP contribution in [0.5, 0.6) is 0 Å². The van der Waals surface area contributed by atoms with E-state index in [2.05, 4.69) is 0 Å². The van der Waals surface area contributed by atoms with Gasteiger partial charge in [-0.25, -0.2) is 4.79 Å². The number of hydrogen-bond donors (Lipinski definition) is 1. The quantitative estimate of drug-likeness (QED) is 0.857. The van der Waals surface area contributed by atoms with Crippen molar-refractivity contribution in [3.63, 3.8) is 0 Å². The molecule has 1 aliphatic heterocycles. The largest absolute Gasteiger partial charge is 0.444 e. The van der Waals surface area contributed by atoms with Crippen LogP contribution in [0.4, 0.5) is 4.79 Å². The maximum absolute atomic E-state index is 11.9. The maximum atomic E-state index is 11.9. The molecular weight excluding hydrogens is 242 g/mol. The molecule has 4 heteroatoms. The smallest absolute Gasteiger partial charge is 0.410 e. The Morgan fingerprint density at radius 1 is 1.32 bits per heavy atom. The molecule has 2 rings (SSSR count). The first-order valence-electron chi connectivity index (χ1n) is 7.49. The van der Waals surface area contributed by atoms with Crippen molar-refractivity contribution < 1.29 is 14.6 Å². The molecule has 1 saturated carbocycles. The Kier molecular flexibility index (Phi) is 4.39. The molecule has 0 bridgehead atoms. The fourth-order valence-corrected chi connectivity index (χ4v) is 3.18. The number of carbonyl (C=O) groups excluding carboxylic acids is 1. The van der Waals surface area contributed by atoms with Gasteiger partial charge in [0.25, 0.3) is 0 Å². The summed E-state index contributed by atoms with van der Waals surface area (Å²) < 4.78 is 5.40. The Balaban J connectivity index is 1.72. The molecule has 1 heterocycles. The molecule has 0 unspecified atom stereocenters. The molecule has 0 radical (unpaired) electrons. The van der Waals surface area contributed by atoms with E-state index >= 15 is 0 Å². The van der Waals surface area contributed by atoms with Crippen LogP contribution >= 0.6 is 0 Å². The Hall–Kier alpha value is -0.770. The SMILES string of the molecule is CC(C)(C)OC(=O)N1CCC([C@@H]2C[C@H]2CCO)CC1. The molecule has 1 amide bonds. The van der Waals surface area contributed by atoms with Gasteiger partial charge >= 0.3 is 6.09 Å². The third-order valence-electron chi connectivity index (χ3n) is 4.27. The second-order valence-electron chi connectivity index (χ2n) is 6.98. The number of likely N-dealkylation sites (tertiary alicyclic amines) is 1. The molecule has 0 aromatic carbocycles. The lowest BCUT2D eigenvalue weighted by molar-refractivity contribution is 0.0174. The topological polar surface area (TPSA) is 49.8 Å². The monoisotopic (exact) mass is 269 g/mol. The summed E-state index contributed by atoms with van der Waals surface area (Å²) >= 11 is 0. The first-order valence-corrected chi connectivity index (χ1v) is 7.49. The van der Waals surface area contributed by atoms with E-state index in [0.717, 1.165) is 50.1 Å². The number of hydrogen-bond acceptors (Lipinski definition) is 3. The molecule has 2 atom stereocenters. The molecule has 1 saturated heterocycles. The summed E-state index contributed by atoms with van der Waals surface area (Å²) in [5.41, 5.74) is -0.406. The Morgan fingerprint density at radius 2 is 1.95 bits per heavy atom. The number of amides is 1. The number of ether oxygens (including phenoxy) is 1. The van der Waals surface area contributed by atoms with E-state index in [1.165, 1.54) is 6.42 Å². The lowest BCUT2D eigenvalue weighted by atomic mass is 9.91. The maximum Gasteiger partial charge on any atom is 0.410 e. The molecule has 4 nitrogen and oxygen atoms in total. The van der Waals surface area contributed by atoms with Gasteiger partial charge in [0.15, 0.2) is 0 Å². The zero-order valence-electron chi connectivity index (χ0n) is 12.4. The zero-order valence-corrected chi connectivity index (χ0v) is 12.4. The van der Waals surface area contributed by atoms with Crippen LogP contribution in [0.1, 0.15) is 46.5 Å². The van der Waals surface area contributed by atoms with Crippen molar-refractivity contribution in [3.05, 3.63) is 0 Å². The second kappa shape index (κ2) is 5.70. The summed E-state index contributed by atoms with van der Waals surface area (Å²) in [5, 5.41) is 8.95. The lowest BCUT2D eigenvalue weighted by Crippen LogP contribution is -2.42. The molecule has 2 aliphatic rings. The van der Waals surface area contributed by atoms with Crippen molar-refractivity contribution in [1.82, 2.24) is 4.90 Å². The predicted octanol–water partition coefficient (Wildman–Crippen LogP) is 2.65. The summed E-state index contributed by atoms with van der Waals surface area (Å²) in [6.45, 7) is 7.67. The van der Waals surface area contributed by atoms with Crippen molar-refractivity contribution in [3.8, 4) is 0 Å². The van der Waals surface area contributed by atoms with Gasteiger partial charge in [-0.15, -0.1) is 0 Å². The van der Waals surface area contributed by atoms with Gasteiger partial charge in [0, 0.05) is 19.7 Å². The third kappa shape index (κ3) is 4.10. The number of rotatable bonds is 3. The van der Waals surface area contributed by atoms with E-state index in [1.54, 1.807) is 0 Å². The molecule has 0 aromatic heterocycles. The van der Waals surface area contributed by atoms with Crippen LogP contribution in [0.25, 0.3) is 0 Å². The second-order valence-corrected chi connectivity index (χ2v) is 6.98. The highest BCUT2D eigenvalue weighted by Gasteiger charge is 2.43. The van der Waals surface area contributed by atoms with Crippen LogP contribution in [0, 0.1) is 17.8 Å². The summed E-state index contributed by atoms with van der Waals surface area (Å²) in [5.74, 6) is 2.28. The number of piperidine rings is 1. The van der Waals surface area contributed by atoms with Crippen LogP contribution in [-0.2, 0) is 4.74 Å². The van der Waals surface area contributed by atoms with Gasteiger partial charge in [0.05, 0.1) is 0 Å². The van der Waals surface area contributed by atoms with Crippen molar-refractivity contribution in [2.45, 2.75) is 52.1 Å². The molecule has 2 fully saturated rings. The minimum atomic E-state index is -0.406. The lowest BCUT2D eigenvalue weighted by Gasteiger charge is -2.33. The van der Waals surface area contributed by atoms with Gasteiger partial charge in [-0.1, -0.05) is 0 Å². The van der Waals surface area contributed by atoms with Gasteiger partial charge in [-0.3, -0.25) is 0 Å². The predicted molar refractivity (Wildman–Crippen MR) is 73.8 cm³/mol. The van der Waals surface area contributed by atoms with Gasteiger partial charge in [-0.05, 0) is 64.2 Å². The van der Waals surface area contributed by atoms with Gasteiger partial charge in [0.2, 0.25) is 0 Å². The van der Waals surface area contributed by atoms with E-state index in [-0.39, 0.29) is 6.09 Å². The van der Waals surface area contributed by atoms with Crippen molar-refractivity contribution in [1.29, 1.82) is 0 Å². The van der Waals surface area contributed by atoms with Crippen LogP contribution in [0.15, 0.2) is 0 Å². The van der Waals surface area contributed by atoms with Crippen molar-refractivity contribution in [2.24, 2.45) is 17.8 Å². The number of aliphatic hydroxyl groups is 1. The molecule has 110 valence electrons. The Bertz CT molecular complexity index is 316. The number of aliphatic hydroxyl groups excluding tert-OH is 1. The molecule has 19 heavy (non-hydrogen) atoms.